The summed E-state index contributed by atoms with van der Waals surface area (Å²) in [5.74, 6) is -0.187. The zero-order chi connectivity index (χ0) is 8.97. The molecule has 0 aromatic carbocycles. The van der Waals surface area contributed by atoms with Gasteiger partial charge in [0.25, 0.3) is 0 Å². The first kappa shape index (κ1) is 9.52. The van der Waals surface area contributed by atoms with Gasteiger partial charge >= 0.3 is 0 Å². The van der Waals surface area contributed by atoms with Gasteiger partial charge in [0.05, 0.1) is 0 Å². The molecule has 70 valence electrons. The van der Waals surface area contributed by atoms with Crippen LogP contribution in [0.15, 0.2) is 0 Å². The molecule has 12 heavy (non-hydrogen) atoms. The molecule has 0 aromatic rings. The van der Waals surface area contributed by atoms with Crippen LogP contribution < -0.4 is 5.73 Å². The largest absolute Gasteiger partial charge is 0.370 e. The molecule has 2 N–H and O–H groups in total. The Morgan fingerprint density at radius 1 is 1.42 bits per heavy atom. The van der Waals surface area contributed by atoms with Crippen molar-refractivity contribution in [1.82, 2.24) is 4.90 Å². The van der Waals surface area contributed by atoms with Crippen LogP contribution in [0.25, 0.3) is 0 Å². The third kappa shape index (κ3) is 2.81. The van der Waals surface area contributed by atoms with E-state index < -0.39 is 0 Å². The summed E-state index contributed by atoms with van der Waals surface area (Å²) >= 11 is 0. The second kappa shape index (κ2) is 4.45. The molecule has 0 spiro atoms. The summed E-state index contributed by atoms with van der Waals surface area (Å²) < 4.78 is 0. The minimum Gasteiger partial charge on any atom is -0.370 e. The van der Waals surface area contributed by atoms with Crippen LogP contribution in [0.1, 0.15) is 32.6 Å². The lowest BCUT2D eigenvalue weighted by molar-refractivity contribution is -0.119. The lowest BCUT2D eigenvalue weighted by atomic mass is 10.1. The number of nitrogens with zero attached hydrogens (tertiary/aromatic N) is 1. The molecule has 3 nitrogen and oxygen atoms in total. The van der Waals surface area contributed by atoms with Gasteiger partial charge in [-0.1, -0.05) is 6.42 Å². The van der Waals surface area contributed by atoms with Crippen molar-refractivity contribution in [2.24, 2.45) is 5.73 Å². The summed E-state index contributed by atoms with van der Waals surface area (Å²) in [6.45, 7) is 4.35. The number of hydrogen-bond donors (Lipinski definition) is 1. The predicted octanol–water partition coefficient (Wildman–Crippen LogP) is 0.736. The zero-order valence-corrected chi connectivity index (χ0v) is 7.75. The van der Waals surface area contributed by atoms with Gasteiger partial charge in [0.15, 0.2) is 0 Å². The molecule has 1 atom stereocenters. The molecule has 3 heteroatoms. The van der Waals surface area contributed by atoms with Gasteiger partial charge in [-0.05, 0) is 32.9 Å². The van der Waals surface area contributed by atoms with E-state index >= 15 is 0 Å². The number of carbonyl (C=O) groups is 1. The predicted molar refractivity (Wildman–Crippen MR) is 48.7 cm³/mol. The third-order valence-electron chi connectivity index (χ3n) is 2.51. The van der Waals surface area contributed by atoms with E-state index in [1.807, 2.05) is 0 Å². The summed E-state index contributed by atoms with van der Waals surface area (Å²) in [7, 11) is 0. The maximum absolute atomic E-state index is 10.6. The Labute approximate surface area is 73.9 Å². The Balaban J connectivity index is 2.29. The molecule has 1 amide bonds. The fraction of sp³-hybridized carbons (Fsp3) is 0.889. The molecule has 1 heterocycles. The highest BCUT2D eigenvalue weighted by molar-refractivity contribution is 5.74. The molecule has 1 aliphatic heterocycles. The summed E-state index contributed by atoms with van der Waals surface area (Å²) in [4.78, 5) is 13.0. The molecule has 0 radical (unpaired) electrons. The quantitative estimate of drug-likeness (QED) is 0.679. The van der Waals surface area contributed by atoms with Crippen molar-refractivity contribution in [3.05, 3.63) is 0 Å². The van der Waals surface area contributed by atoms with Crippen molar-refractivity contribution in [2.75, 3.05) is 13.1 Å². The van der Waals surface area contributed by atoms with Gasteiger partial charge in [-0.25, -0.2) is 0 Å². The fourth-order valence-electron chi connectivity index (χ4n) is 1.78. The third-order valence-corrected chi connectivity index (χ3v) is 2.51. The van der Waals surface area contributed by atoms with Gasteiger partial charge in [-0.15, -0.1) is 0 Å². The van der Waals surface area contributed by atoms with Crippen LogP contribution in [-0.2, 0) is 4.79 Å². The number of nitrogens with two attached hydrogens (primary N) is 1. The summed E-state index contributed by atoms with van der Waals surface area (Å²) in [6, 6.07) is 0.336. The number of amides is 1. The molecule has 1 unspecified atom stereocenters. The smallest absolute Gasteiger partial charge is 0.218 e. The molecular formula is C9H18N2O. The molecule has 0 aliphatic carbocycles. The fourth-order valence-corrected chi connectivity index (χ4v) is 1.78. The summed E-state index contributed by atoms with van der Waals surface area (Å²) in [5, 5.41) is 0. The Hall–Kier alpha value is -0.570. The van der Waals surface area contributed by atoms with Crippen LogP contribution in [0.5, 0.6) is 0 Å². The van der Waals surface area contributed by atoms with E-state index in [0.717, 1.165) is 13.1 Å². The van der Waals surface area contributed by atoms with Crippen molar-refractivity contribution in [2.45, 2.75) is 38.6 Å². The zero-order valence-electron chi connectivity index (χ0n) is 7.75. The van der Waals surface area contributed by atoms with Crippen molar-refractivity contribution in [3.8, 4) is 0 Å². The second-order valence-electron chi connectivity index (χ2n) is 3.62. The van der Waals surface area contributed by atoms with Gasteiger partial charge in [0, 0.05) is 12.5 Å². The van der Waals surface area contributed by atoms with E-state index in [-0.39, 0.29) is 5.91 Å². The van der Waals surface area contributed by atoms with E-state index in [1.54, 1.807) is 0 Å². The second-order valence-corrected chi connectivity index (χ2v) is 3.62. The highest BCUT2D eigenvalue weighted by Gasteiger charge is 2.17. The van der Waals surface area contributed by atoms with Gasteiger partial charge in [0.1, 0.15) is 0 Å². The molecule has 1 aliphatic rings. The molecule has 1 fully saturated rings. The van der Waals surface area contributed by atoms with Crippen LogP contribution in [0.3, 0.4) is 0 Å². The van der Waals surface area contributed by atoms with Gasteiger partial charge in [-0.3, -0.25) is 4.79 Å². The number of primary amides is 1. The Bertz CT molecular complexity index is 153. The van der Waals surface area contributed by atoms with Crippen LogP contribution >= 0.6 is 0 Å². The van der Waals surface area contributed by atoms with Gasteiger partial charge < -0.3 is 10.6 Å². The van der Waals surface area contributed by atoms with Crippen molar-refractivity contribution in [1.29, 1.82) is 0 Å². The Morgan fingerprint density at radius 2 is 2.00 bits per heavy atom. The maximum Gasteiger partial charge on any atom is 0.218 e. The summed E-state index contributed by atoms with van der Waals surface area (Å²) in [6.07, 6.45) is 4.37. The Kier molecular flexibility index (Phi) is 3.53. The lowest BCUT2D eigenvalue weighted by Crippen LogP contribution is -2.39. The average molecular weight is 170 g/mol. The van der Waals surface area contributed by atoms with Crippen LogP contribution in [-0.4, -0.2) is 29.9 Å². The molecule has 1 saturated heterocycles. The molecule has 0 bridgehead atoms. The molecule has 1 rings (SSSR count). The van der Waals surface area contributed by atoms with Gasteiger partial charge in [0.2, 0.25) is 5.91 Å². The number of likely N-dealkylation sites (tertiary alicyclic amines) is 1. The first-order chi connectivity index (χ1) is 5.70. The molecule has 0 aromatic heterocycles. The highest BCUT2D eigenvalue weighted by Crippen LogP contribution is 2.13. The van der Waals surface area contributed by atoms with Crippen LogP contribution in [0, 0.1) is 0 Å². The highest BCUT2D eigenvalue weighted by atomic mass is 16.1. The first-order valence-corrected chi connectivity index (χ1v) is 4.72. The van der Waals surface area contributed by atoms with E-state index in [0.29, 0.717) is 12.5 Å². The van der Waals surface area contributed by atoms with Crippen LogP contribution in [0.4, 0.5) is 0 Å². The molecule has 0 saturated carbocycles. The van der Waals surface area contributed by atoms with E-state index in [4.69, 9.17) is 5.73 Å². The van der Waals surface area contributed by atoms with Crippen LogP contribution in [0.2, 0.25) is 0 Å². The SMILES string of the molecule is CC(CC(N)=O)N1CCCCC1. The maximum atomic E-state index is 10.6. The monoisotopic (exact) mass is 170 g/mol. The average Bonchev–Trinajstić information content (AvgIpc) is 2.05. The lowest BCUT2D eigenvalue weighted by Gasteiger charge is -2.31. The number of piperidine rings is 1. The van der Waals surface area contributed by atoms with Crippen molar-refractivity contribution < 1.29 is 4.79 Å². The minimum absolute atomic E-state index is 0.187. The van der Waals surface area contributed by atoms with E-state index in [9.17, 15) is 4.79 Å². The topological polar surface area (TPSA) is 46.3 Å². The standard InChI is InChI=1S/C9H18N2O/c1-8(7-9(10)12)11-5-3-2-4-6-11/h8H,2-7H2,1H3,(H2,10,12). The van der Waals surface area contributed by atoms with Crippen molar-refractivity contribution in [3.63, 3.8) is 0 Å². The van der Waals surface area contributed by atoms with Crippen molar-refractivity contribution >= 4 is 5.91 Å². The molecular weight excluding hydrogens is 152 g/mol. The number of hydrogen-bond acceptors (Lipinski definition) is 2. The number of rotatable bonds is 3. The normalized spacial score (nSPS) is 22.1. The Morgan fingerprint density at radius 3 is 2.50 bits per heavy atom. The summed E-state index contributed by atoms with van der Waals surface area (Å²) in [5.41, 5.74) is 5.13. The first-order valence-electron chi connectivity index (χ1n) is 4.72. The number of carbonyl (C=O) groups excluding carboxylic acids is 1. The minimum atomic E-state index is -0.187. The van der Waals surface area contributed by atoms with E-state index in [2.05, 4.69) is 11.8 Å². The van der Waals surface area contributed by atoms with Gasteiger partial charge in [-0.2, -0.15) is 0 Å². The van der Waals surface area contributed by atoms with E-state index in [1.165, 1.54) is 19.3 Å².